The van der Waals surface area contributed by atoms with E-state index in [0.717, 1.165) is 0 Å². The van der Waals surface area contributed by atoms with Crippen molar-refractivity contribution in [2.45, 2.75) is 12.1 Å². The first kappa shape index (κ1) is 10.4. The molecule has 0 spiro atoms. The molecular weight excluding hydrogens is 207 g/mol. The highest BCUT2D eigenvalue weighted by molar-refractivity contribution is 7.67. The standard InChI is InChI=1S/C12H13O2P/c13-15(14,11-7-3-1-4-8-11)12-9-5-2-6-10-12/h1-9,12H,10H2,(H,13,14). The van der Waals surface area contributed by atoms with Gasteiger partial charge in [-0.05, 0) is 18.6 Å². The van der Waals surface area contributed by atoms with Crippen LogP contribution in [0, 0.1) is 0 Å². The minimum absolute atomic E-state index is 0.273. The van der Waals surface area contributed by atoms with Gasteiger partial charge in [-0.2, -0.15) is 0 Å². The zero-order chi connectivity index (χ0) is 10.7. The molecule has 1 N–H and O–H groups in total. The van der Waals surface area contributed by atoms with Gasteiger partial charge in [-0.25, -0.2) is 0 Å². The van der Waals surface area contributed by atoms with Crippen molar-refractivity contribution in [2.24, 2.45) is 0 Å². The molecule has 0 aromatic heterocycles. The Kier molecular flexibility index (Phi) is 2.90. The zero-order valence-corrected chi connectivity index (χ0v) is 9.18. The Morgan fingerprint density at radius 3 is 2.53 bits per heavy atom. The molecule has 0 radical (unpaired) electrons. The highest BCUT2D eigenvalue weighted by atomic mass is 31.2. The summed E-state index contributed by atoms with van der Waals surface area (Å²) in [6.07, 6.45) is 8.12. The van der Waals surface area contributed by atoms with Crippen molar-refractivity contribution in [1.29, 1.82) is 0 Å². The first-order chi connectivity index (χ1) is 7.21. The smallest absolute Gasteiger partial charge is 0.236 e. The summed E-state index contributed by atoms with van der Waals surface area (Å²) in [7, 11) is -3.26. The number of rotatable bonds is 2. The van der Waals surface area contributed by atoms with Crippen LogP contribution in [0.4, 0.5) is 0 Å². The van der Waals surface area contributed by atoms with E-state index < -0.39 is 7.37 Å². The van der Waals surface area contributed by atoms with Crippen LogP contribution in [0.15, 0.2) is 54.6 Å². The lowest BCUT2D eigenvalue weighted by atomic mass is 10.2. The van der Waals surface area contributed by atoms with E-state index in [9.17, 15) is 9.46 Å². The minimum Gasteiger partial charge on any atom is -0.341 e. The molecule has 0 heterocycles. The van der Waals surface area contributed by atoms with Gasteiger partial charge in [0, 0.05) is 5.30 Å². The average Bonchev–Trinajstić information content (AvgIpc) is 2.31. The molecule has 78 valence electrons. The monoisotopic (exact) mass is 220 g/mol. The van der Waals surface area contributed by atoms with Crippen LogP contribution in [0.5, 0.6) is 0 Å². The van der Waals surface area contributed by atoms with E-state index in [1.807, 2.05) is 30.4 Å². The number of allylic oxidation sites excluding steroid dienone is 4. The second-order valence-corrected chi connectivity index (χ2v) is 6.00. The summed E-state index contributed by atoms with van der Waals surface area (Å²) >= 11 is 0. The molecule has 15 heavy (non-hydrogen) atoms. The third kappa shape index (κ3) is 2.11. The van der Waals surface area contributed by atoms with Gasteiger partial charge in [0.05, 0.1) is 5.66 Å². The molecule has 0 fully saturated rings. The van der Waals surface area contributed by atoms with Gasteiger partial charge in [0.1, 0.15) is 0 Å². The third-order valence-corrected chi connectivity index (χ3v) is 4.85. The maximum absolute atomic E-state index is 12.2. The first-order valence-electron chi connectivity index (χ1n) is 4.92. The summed E-state index contributed by atoms with van der Waals surface area (Å²) in [6, 6.07) is 8.86. The molecule has 0 amide bonds. The maximum atomic E-state index is 12.2. The molecule has 0 bridgehead atoms. The van der Waals surface area contributed by atoms with Crippen LogP contribution >= 0.6 is 7.37 Å². The summed E-state index contributed by atoms with van der Waals surface area (Å²) < 4.78 is 12.2. The number of benzene rings is 1. The Labute approximate surface area is 89.4 Å². The normalized spacial score (nSPS) is 23.7. The predicted molar refractivity (Wildman–Crippen MR) is 62.6 cm³/mol. The lowest BCUT2D eigenvalue weighted by Crippen LogP contribution is -2.15. The fourth-order valence-electron chi connectivity index (χ4n) is 1.66. The molecule has 0 saturated carbocycles. The molecule has 2 unspecified atom stereocenters. The van der Waals surface area contributed by atoms with Crippen LogP contribution in [-0.2, 0) is 4.57 Å². The van der Waals surface area contributed by atoms with Crippen LogP contribution in [-0.4, -0.2) is 10.6 Å². The molecule has 1 aliphatic rings. The van der Waals surface area contributed by atoms with Crippen LogP contribution in [0.1, 0.15) is 6.42 Å². The SMILES string of the molecule is O=P(O)(c1ccccc1)C1C=CC=CC1. The largest absolute Gasteiger partial charge is 0.341 e. The summed E-state index contributed by atoms with van der Waals surface area (Å²) in [4.78, 5) is 10.1. The second-order valence-electron chi connectivity index (χ2n) is 3.57. The van der Waals surface area contributed by atoms with E-state index in [4.69, 9.17) is 0 Å². The Hall–Kier alpha value is -1.11. The van der Waals surface area contributed by atoms with Gasteiger partial charge in [-0.3, -0.25) is 4.57 Å². The number of hydrogen-bond donors (Lipinski definition) is 1. The van der Waals surface area contributed by atoms with Gasteiger partial charge in [0.15, 0.2) is 0 Å². The fraction of sp³-hybridized carbons (Fsp3) is 0.167. The van der Waals surface area contributed by atoms with Crippen molar-refractivity contribution in [3.8, 4) is 0 Å². The van der Waals surface area contributed by atoms with Crippen LogP contribution in [0.25, 0.3) is 0 Å². The Bertz CT molecular complexity index is 434. The Morgan fingerprint density at radius 2 is 1.93 bits per heavy atom. The zero-order valence-electron chi connectivity index (χ0n) is 8.28. The van der Waals surface area contributed by atoms with E-state index in [0.29, 0.717) is 11.7 Å². The molecule has 2 nitrogen and oxygen atoms in total. The van der Waals surface area contributed by atoms with Gasteiger partial charge in [0.25, 0.3) is 0 Å². The Balaban J connectivity index is 2.31. The lowest BCUT2D eigenvalue weighted by Gasteiger charge is -2.20. The molecule has 0 aliphatic heterocycles. The predicted octanol–water partition coefficient (Wildman–Crippen LogP) is 2.47. The molecule has 2 rings (SSSR count). The highest BCUT2D eigenvalue weighted by Gasteiger charge is 2.30. The second kappa shape index (κ2) is 4.18. The van der Waals surface area contributed by atoms with Gasteiger partial charge in [-0.1, -0.05) is 42.5 Å². The van der Waals surface area contributed by atoms with Crippen molar-refractivity contribution in [3.05, 3.63) is 54.6 Å². The van der Waals surface area contributed by atoms with Crippen molar-refractivity contribution < 1.29 is 9.46 Å². The third-order valence-electron chi connectivity index (χ3n) is 2.53. The summed E-state index contributed by atoms with van der Waals surface area (Å²) in [5.41, 5.74) is -0.273. The molecule has 0 saturated heterocycles. The van der Waals surface area contributed by atoms with E-state index in [2.05, 4.69) is 0 Å². The summed E-state index contributed by atoms with van der Waals surface area (Å²) in [5.74, 6) is 0. The first-order valence-corrected chi connectivity index (χ1v) is 6.65. The highest BCUT2D eigenvalue weighted by Crippen LogP contribution is 2.47. The molecular formula is C12H13O2P. The van der Waals surface area contributed by atoms with Crippen LogP contribution in [0.3, 0.4) is 0 Å². The van der Waals surface area contributed by atoms with Gasteiger partial charge < -0.3 is 4.89 Å². The Morgan fingerprint density at radius 1 is 1.20 bits per heavy atom. The quantitative estimate of drug-likeness (QED) is 0.777. The van der Waals surface area contributed by atoms with Crippen LogP contribution in [0.2, 0.25) is 0 Å². The average molecular weight is 220 g/mol. The maximum Gasteiger partial charge on any atom is 0.236 e. The van der Waals surface area contributed by atoms with E-state index >= 15 is 0 Å². The van der Waals surface area contributed by atoms with Crippen molar-refractivity contribution in [3.63, 3.8) is 0 Å². The van der Waals surface area contributed by atoms with E-state index in [-0.39, 0.29) is 5.66 Å². The molecule has 2 atom stereocenters. The van der Waals surface area contributed by atoms with Crippen molar-refractivity contribution in [2.75, 3.05) is 0 Å². The van der Waals surface area contributed by atoms with Crippen molar-refractivity contribution >= 4 is 12.7 Å². The molecule has 1 aromatic rings. The lowest BCUT2D eigenvalue weighted by molar-refractivity contribution is 0.482. The van der Waals surface area contributed by atoms with Gasteiger partial charge in [0.2, 0.25) is 7.37 Å². The molecule has 3 heteroatoms. The van der Waals surface area contributed by atoms with Gasteiger partial charge in [-0.15, -0.1) is 0 Å². The van der Waals surface area contributed by atoms with E-state index in [1.54, 1.807) is 24.3 Å². The summed E-state index contributed by atoms with van der Waals surface area (Å²) in [5, 5.41) is 0.537. The molecule has 1 aliphatic carbocycles. The topological polar surface area (TPSA) is 37.3 Å². The minimum atomic E-state index is -3.26. The van der Waals surface area contributed by atoms with Crippen molar-refractivity contribution in [1.82, 2.24) is 0 Å². The molecule has 1 aromatic carbocycles. The van der Waals surface area contributed by atoms with E-state index in [1.165, 1.54) is 0 Å². The fourth-order valence-corrected chi connectivity index (χ4v) is 3.38. The number of hydrogen-bond acceptors (Lipinski definition) is 1. The summed E-state index contributed by atoms with van der Waals surface area (Å²) in [6.45, 7) is 0. The van der Waals surface area contributed by atoms with Crippen LogP contribution < -0.4 is 5.30 Å². The van der Waals surface area contributed by atoms with Gasteiger partial charge >= 0.3 is 0 Å².